The van der Waals surface area contributed by atoms with Crippen LogP contribution in [0.25, 0.3) is 0 Å². The van der Waals surface area contributed by atoms with Crippen LogP contribution in [0.5, 0.6) is 0 Å². The lowest BCUT2D eigenvalue weighted by Gasteiger charge is -2.22. The van der Waals surface area contributed by atoms with E-state index in [1.807, 2.05) is 0 Å². The third-order valence-electron chi connectivity index (χ3n) is 3.43. The lowest BCUT2D eigenvalue weighted by atomic mass is 10.2. The van der Waals surface area contributed by atoms with Gasteiger partial charge in [0.1, 0.15) is 10.6 Å². The van der Waals surface area contributed by atoms with E-state index in [0.29, 0.717) is 18.8 Å². The van der Waals surface area contributed by atoms with Gasteiger partial charge in [-0.05, 0) is 42.5 Å². The molecule has 26 heavy (non-hydrogen) atoms. The summed E-state index contributed by atoms with van der Waals surface area (Å²) in [6, 6.07) is 10.1. The first kappa shape index (κ1) is 20.2. The fourth-order valence-corrected chi connectivity index (χ4v) is 2.81. The molecule has 7 nitrogen and oxygen atoms in total. The Kier molecular flexibility index (Phi) is 7.04. The number of aliphatic hydroxyl groups is 2. The molecule has 0 unspecified atom stereocenters. The Labute approximate surface area is 155 Å². The fraction of sp³-hybridized carbons (Fsp3) is 0.250. The number of aliphatic hydroxyl groups excluding tert-OH is 2. The Bertz CT molecular complexity index is 870. The molecule has 0 aliphatic carbocycles. The van der Waals surface area contributed by atoms with E-state index in [1.54, 1.807) is 29.2 Å². The highest BCUT2D eigenvalue weighted by Crippen LogP contribution is 2.30. The third-order valence-corrected chi connectivity index (χ3v) is 4.56. The van der Waals surface area contributed by atoms with Crippen molar-refractivity contribution in [2.75, 3.05) is 31.2 Å². The topological polar surface area (TPSA) is 103 Å². The van der Waals surface area contributed by atoms with Crippen molar-refractivity contribution in [3.63, 3.8) is 0 Å². The second-order valence-electron chi connectivity index (χ2n) is 5.20. The highest BCUT2D eigenvalue weighted by atomic mass is 35.5. The van der Waals surface area contributed by atoms with Crippen molar-refractivity contribution < 1.29 is 22.5 Å². The molecular weight excluding hydrogens is 385 g/mol. The summed E-state index contributed by atoms with van der Waals surface area (Å²) in [5.74, 6) is 0. The standard InChI is InChI=1S/C16H17ClFN3O4S/c17-15-6-5-14(26(18,24)25)11-16(15)20-19-12-1-3-13(4-2-12)21(7-9-22)8-10-23/h1-6,11,22-23H,7-10H2/b20-19+. The molecule has 0 heterocycles. The predicted molar refractivity (Wildman–Crippen MR) is 96.7 cm³/mol. The van der Waals surface area contributed by atoms with Gasteiger partial charge >= 0.3 is 10.2 Å². The highest BCUT2D eigenvalue weighted by molar-refractivity contribution is 7.86. The van der Waals surface area contributed by atoms with Gasteiger partial charge in [0.25, 0.3) is 0 Å². The Morgan fingerprint density at radius 2 is 1.62 bits per heavy atom. The molecule has 0 bridgehead atoms. The van der Waals surface area contributed by atoms with Gasteiger partial charge in [-0.25, -0.2) is 0 Å². The number of benzene rings is 2. The van der Waals surface area contributed by atoms with Crippen LogP contribution in [0.4, 0.5) is 20.9 Å². The zero-order valence-corrected chi connectivity index (χ0v) is 15.2. The van der Waals surface area contributed by atoms with Gasteiger partial charge in [-0.2, -0.15) is 13.5 Å². The minimum atomic E-state index is -4.86. The minimum absolute atomic E-state index is 0.0247. The van der Waals surface area contributed by atoms with Crippen LogP contribution in [0.2, 0.25) is 5.02 Å². The summed E-state index contributed by atoms with van der Waals surface area (Å²) >= 11 is 5.92. The zero-order valence-electron chi connectivity index (χ0n) is 13.6. The summed E-state index contributed by atoms with van der Waals surface area (Å²) in [5.41, 5.74) is 1.28. The number of hydrogen-bond acceptors (Lipinski definition) is 7. The van der Waals surface area contributed by atoms with Gasteiger partial charge in [-0.1, -0.05) is 11.6 Å². The van der Waals surface area contributed by atoms with Crippen LogP contribution in [0, 0.1) is 0 Å². The smallest absolute Gasteiger partial charge is 0.332 e. The molecule has 2 aromatic rings. The number of rotatable bonds is 8. The maximum atomic E-state index is 13.1. The van der Waals surface area contributed by atoms with E-state index >= 15 is 0 Å². The number of nitrogens with zero attached hydrogens (tertiary/aromatic N) is 3. The van der Waals surface area contributed by atoms with E-state index in [1.165, 1.54) is 6.07 Å². The summed E-state index contributed by atoms with van der Waals surface area (Å²) in [6.07, 6.45) is 0. The van der Waals surface area contributed by atoms with Crippen molar-refractivity contribution in [2.45, 2.75) is 4.90 Å². The Balaban J connectivity index is 2.21. The molecule has 0 fully saturated rings. The normalized spacial score (nSPS) is 11.8. The maximum absolute atomic E-state index is 13.1. The van der Waals surface area contributed by atoms with Crippen molar-refractivity contribution in [3.05, 3.63) is 47.5 Å². The van der Waals surface area contributed by atoms with Gasteiger partial charge in [-0.15, -0.1) is 9.00 Å². The van der Waals surface area contributed by atoms with Gasteiger partial charge in [-0.3, -0.25) is 0 Å². The molecule has 0 amide bonds. The van der Waals surface area contributed by atoms with Crippen molar-refractivity contribution in [3.8, 4) is 0 Å². The summed E-state index contributed by atoms with van der Waals surface area (Å²) in [5, 5.41) is 26.1. The molecule has 2 aromatic carbocycles. The van der Waals surface area contributed by atoms with Crippen molar-refractivity contribution in [1.82, 2.24) is 0 Å². The first-order chi connectivity index (χ1) is 12.3. The lowest BCUT2D eigenvalue weighted by molar-refractivity contribution is 0.281. The monoisotopic (exact) mass is 401 g/mol. The van der Waals surface area contributed by atoms with Gasteiger partial charge in [0.05, 0.1) is 23.9 Å². The summed E-state index contributed by atoms with van der Waals surface area (Å²) < 4.78 is 35.0. The average molecular weight is 402 g/mol. The molecule has 140 valence electrons. The Morgan fingerprint density at radius 3 is 2.15 bits per heavy atom. The predicted octanol–water partition coefficient (Wildman–Crippen LogP) is 3.20. The van der Waals surface area contributed by atoms with E-state index in [4.69, 9.17) is 21.8 Å². The molecule has 0 spiro atoms. The molecule has 2 N–H and O–H groups in total. The first-order valence-electron chi connectivity index (χ1n) is 7.58. The summed E-state index contributed by atoms with van der Waals surface area (Å²) in [6.45, 7) is 0.657. The van der Waals surface area contributed by atoms with Crippen LogP contribution in [0.15, 0.2) is 57.6 Å². The quantitative estimate of drug-likeness (QED) is 0.522. The van der Waals surface area contributed by atoms with Crippen molar-refractivity contribution in [2.24, 2.45) is 10.2 Å². The minimum Gasteiger partial charge on any atom is -0.395 e. The fourth-order valence-electron chi connectivity index (χ4n) is 2.17. The molecule has 0 aromatic heterocycles. The Morgan fingerprint density at radius 1 is 1.00 bits per heavy atom. The Hall–Kier alpha value is -2.07. The third kappa shape index (κ3) is 5.46. The van der Waals surface area contributed by atoms with E-state index < -0.39 is 15.1 Å². The van der Waals surface area contributed by atoms with E-state index in [-0.39, 0.29) is 23.9 Å². The maximum Gasteiger partial charge on any atom is 0.332 e. The van der Waals surface area contributed by atoms with E-state index in [9.17, 15) is 12.3 Å². The van der Waals surface area contributed by atoms with Crippen LogP contribution in [0.1, 0.15) is 0 Å². The number of halogens is 2. The summed E-state index contributed by atoms with van der Waals surface area (Å²) in [7, 11) is -4.86. The molecule has 2 rings (SSSR count). The van der Waals surface area contributed by atoms with Crippen LogP contribution in [-0.4, -0.2) is 44.9 Å². The number of anilines is 1. The van der Waals surface area contributed by atoms with E-state index in [0.717, 1.165) is 17.8 Å². The van der Waals surface area contributed by atoms with E-state index in [2.05, 4.69) is 10.2 Å². The molecule has 0 aliphatic heterocycles. The van der Waals surface area contributed by atoms with Gasteiger partial charge in [0, 0.05) is 18.8 Å². The molecular formula is C16H17ClFN3O4S. The van der Waals surface area contributed by atoms with Crippen LogP contribution < -0.4 is 4.90 Å². The molecule has 0 aliphatic rings. The van der Waals surface area contributed by atoms with Crippen molar-refractivity contribution >= 4 is 38.9 Å². The second kappa shape index (κ2) is 9.04. The van der Waals surface area contributed by atoms with Gasteiger partial charge < -0.3 is 15.1 Å². The SMILES string of the molecule is O=S(=O)(F)c1ccc(Cl)c(/N=N/c2ccc(N(CCO)CCO)cc2)c1. The number of azo groups is 1. The molecule has 0 radical (unpaired) electrons. The first-order valence-corrected chi connectivity index (χ1v) is 9.34. The summed E-state index contributed by atoms with van der Waals surface area (Å²) in [4.78, 5) is 1.25. The van der Waals surface area contributed by atoms with Crippen LogP contribution in [0.3, 0.4) is 0 Å². The average Bonchev–Trinajstić information content (AvgIpc) is 2.60. The van der Waals surface area contributed by atoms with Gasteiger partial charge in [0.2, 0.25) is 0 Å². The zero-order chi connectivity index (χ0) is 19.2. The van der Waals surface area contributed by atoms with Crippen LogP contribution in [-0.2, 0) is 10.2 Å². The van der Waals surface area contributed by atoms with Crippen LogP contribution >= 0.6 is 11.6 Å². The lowest BCUT2D eigenvalue weighted by Crippen LogP contribution is -2.29. The van der Waals surface area contributed by atoms with Crippen molar-refractivity contribution in [1.29, 1.82) is 0 Å². The molecule has 0 saturated heterocycles. The molecule has 0 saturated carbocycles. The molecule has 10 heteroatoms. The second-order valence-corrected chi connectivity index (χ2v) is 6.96. The molecule has 0 atom stereocenters. The highest BCUT2D eigenvalue weighted by Gasteiger charge is 2.14. The largest absolute Gasteiger partial charge is 0.395 e. The van der Waals surface area contributed by atoms with Gasteiger partial charge in [0.15, 0.2) is 0 Å². The number of hydrogen-bond donors (Lipinski definition) is 2.